The van der Waals surface area contributed by atoms with Gasteiger partial charge in [0.05, 0.1) is 0 Å². The van der Waals surface area contributed by atoms with Crippen molar-refractivity contribution in [3.05, 3.63) is 6.42 Å². The van der Waals surface area contributed by atoms with Crippen LogP contribution in [0.15, 0.2) is 0 Å². The molecule has 0 amide bonds. The molecule has 0 saturated heterocycles. The van der Waals surface area contributed by atoms with E-state index in [2.05, 4.69) is 27.2 Å². The van der Waals surface area contributed by atoms with E-state index in [9.17, 15) is 0 Å². The molecule has 0 heterocycles. The van der Waals surface area contributed by atoms with Gasteiger partial charge in [-0.1, -0.05) is 32.6 Å². The van der Waals surface area contributed by atoms with Crippen molar-refractivity contribution < 1.29 is 26.5 Å². The molecule has 0 fully saturated rings. The zero-order valence-electron chi connectivity index (χ0n) is 11.7. The number of hydrogen-bond acceptors (Lipinski definition) is 2. The summed E-state index contributed by atoms with van der Waals surface area (Å²) >= 11 is 0. The van der Waals surface area contributed by atoms with Crippen LogP contribution in [0.25, 0.3) is 0 Å². The Morgan fingerprint density at radius 2 is 1.71 bits per heavy atom. The largest absolute Gasteiger partial charge is 2.00 e. The Morgan fingerprint density at radius 3 is 2.24 bits per heavy atom. The Balaban J connectivity index is -0.000000980. The van der Waals surface area contributed by atoms with E-state index in [1.54, 1.807) is 0 Å². The van der Waals surface area contributed by atoms with Crippen LogP contribution >= 0.6 is 0 Å². The summed E-state index contributed by atoms with van der Waals surface area (Å²) in [6, 6.07) is 0. The Kier molecular flexibility index (Phi) is 26.7. The maximum Gasteiger partial charge on any atom is 2.00 e. The van der Waals surface area contributed by atoms with Crippen molar-refractivity contribution in [3.8, 4) is 0 Å². The molecule has 1 atom stereocenters. The fourth-order valence-corrected chi connectivity index (χ4v) is 1.48. The quantitative estimate of drug-likeness (QED) is 0.238. The van der Waals surface area contributed by atoms with E-state index < -0.39 is 0 Å². The molecule has 1 unspecified atom stereocenters. The van der Waals surface area contributed by atoms with Crippen LogP contribution in [0, 0.1) is 12.3 Å². The van der Waals surface area contributed by atoms with Crippen LogP contribution in [-0.4, -0.2) is 43.1 Å². The van der Waals surface area contributed by atoms with E-state index >= 15 is 0 Å². The zero-order valence-corrected chi connectivity index (χ0v) is 14.7. The number of halogens is 1. The van der Waals surface area contributed by atoms with Crippen LogP contribution in [-0.2, 0) is 9.47 Å². The van der Waals surface area contributed by atoms with Crippen LogP contribution in [0.3, 0.4) is 0 Å². The minimum Gasteiger partial charge on any atom is -1.00 e. The van der Waals surface area contributed by atoms with Gasteiger partial charge in [-0.25, -0.2) is 0 Å². The van der Waals surface area contributed by atoms with Crippen LogP contribution in [0.5, 0.6) is 0 Å². The van der Waals surface area contributed by atoms with E-state index in [0.29, 0.717) is 6.79 Å². The van der Waals surface area contributed by atoms with Gasteiger partial charge in [-0.2, -0.15) is 13.3 Å². The average Bonchev–Trinajstić information content (AvgIpc) is 2.22. The van der Waals surface area contributed by atoms with Gasteiger partial charge in [0.25, 0.3) is 0 Å². The predicted octanol–water partition coefficient (Wildman–Crippen LogP) is 0.431. The van der Waals surface area contributed by atoms with E-state index in [1.165, 1.54) is 19.3 Å². The third kappa shape index (κ3) is 19.7. The molecular formula is C13H27BrMgO2. The first kappa shape index (κ1) is 23.3. The van der Waals surface area contributed by atoms with Crippen LogP contribution in [0.4, 0.5) is 0 Å². The molecule has 17 heavy (non-hydrogen) atoms. The minimum absolute atomic E-state index is 0. The molecule has 0 saturated carbocycles. The Bertz CT molecular complexity index is 126. The molecule has 0 aromatic rings. The van der Waals surface area contributed by atoms with Gasteiger partial charge in [-0.3, -0.25) is 0 Å². The van der Waals surface area contributed by atoms with Crippen LogP contribution < -0.4 is 17.0 Å². The second kappa shape index (κ2) is 19.5. The summed E-state index contributed by atoms with van der Waals surface area (Å²) in [5.41, 5.74) is 0. The molecule has 100 valence electrons. The maximum absolute atomic E-state index is 5.38. The molecule has 0 N–H and O–H groups in total. The second-order valence-electron chi connectivity index (χ2n) is 4.18. The molecule has 4 heteroatoms. The molecule has 2 nitrogen and oxygen atoms in total. The fraction of sp³-hybridized carbons (Fsp3) is 0.923. The SMILES string of the molecule is C[CH-]CC(C)CCCOCOCCCC.[Br-].[Mg+2]. The smallest absolute Gasteiger partial charge is 1.00 e. The summed E-state index contributed by atoms with van der Waals surface area (Å²) in [6.07, 6.45) is 8.16. The van der Waals surface area contributed by atoms with Gasteiger partial charge in [0.2, 0.25) is 0 Å². The number of hydrogen-bond donors (Lipinski definition) is 0. The first-order valence-electron chi connectivity index (χ1n) is 6.24. The minimum atomic E-state index is 0. The van der Waals surface area contributed by atoms with Crippen molar-refractivity contribution in [2.75, 3.05) is 20.0 Å². The van der Waals surface area contributed by atoms with Crippen LogP contribution in [0.2, 0.25) is 0 Å². The van der Waals surface area contributed by atoms with Gasteiger partial charge in [0, 0.05) is 13.2 Å². The summed E-state index contributed by atoms with van der Waals surface area (Å²) in [5.74, 6) is 0.791. The van der Waals surface area contributed by atoms with Crippen LogP contribution in [0.1, 0.15) is 52.9 Å². The Labute approximate surface area is 134 Å². The summed E-state index contributed by atoms with van der Waals surface area (Å²) in [7, 11) is 0. The summed E-state index contributed by atoms with van der Waals surface area (Å²) in [4.78, 5) is 0. The molecule has 0 spiro atoms. The van der Waals surface area contributed by atoms with E-state index in [-0.39, 0.29) is 40.0 Å². The maximum atomic E-state index is 5.38. The molecule has 0 aliphatic rings. The number of ether oxygens (including phenoxy) is 2. The monoisotopic (exact) mass is 318 g/mol. The Morgan fingerprint density at radius 1 is 1.12 bits per heavy atom. The van der Waals surface area contributed by atoms with E-state index in [1.807, 2.05) is 0 Å². The van der Waals surface area contributed by atoms with Crippen molar-refractivity contribution in [1.82, 2.24) is 0 Å². The van der Waals surface area contributed by atoms with Gasteiger partial charge < -0.3 is 32.9 Å². The predicted molar refractivity (Wildman–Crippen MR) is 70.4 cm³/mol. The third-order valence-electron chi connectivity index (χ3n) is 2.43. The molecular weight excluding hydrogens is 292 g/mol. The molecule has 0 aliphatic heterocycles. The normalized spacial score (nSPS) is 11.5. The van der Waals surface area contributed by atoms with Crippen molar-refractivity contribution in [3.63, 3.8) is 0 Å². The average molecular weight is 320 g/mol. The van der Waals surface area contributed by atoms with Gasteiger partial charge >= 0.3 is 23.1 Å². The van der Waals surface area contributed by atoms with Gasteiger partial charge in [0.15, 0.2) is 0 Å². The molecule has 0 rings (SSSR count). The van der Waals surface area contributed by atoms with E-state index in [0.717, 1.165) is 32.0 Å². The summed E-state index contributed by atoms with van der Waals surface area (Å²) in [6.45, 7) is 8.70. The molecule has 0 aromatic heterocycles. The zero-order chi connectivity index (χ0) is 11.4. The first-order valence-corrected chi connectivity index (χ1v) is 6.24. The van der Waals surface area contributed by atoms with Crippen molar-refractivity contribution >= 4 is 23.1 Å². The second-order valence-corrected chi connectivity index (χ2v) is 4.18. The van der Waals surface area contributed by atoms with Crippen molar-refractivity contribution in [2.24, 2.45) is 5.92 Å². The first-order chi connectivity index (χ1) is 7.31. The fourth-order valence-electron chi connectivity index (χ4n) is 1.48. The standard InChI is InChI=1S/C13H27O2.BrH.Mg/c1-4-6-10-14-12-15-11-7-9-13(3)8-5-2;;/h5,13H,4,6-12H2,1-3H3;1H;/q-1;;+2/p-1. The van der Waals surface area contributed by atoms with Gasteiger partial charge in [0.1, 0.15) is 6.79 Å². The number of rotatable bonds is 11. The topological polar surface area (TPSA) is 18.5 Å². The Hall–Kier alpha value is 1.17. The molecule has 0 radical (unpaired) electrons. The summed E-state index contributed by atoms with van der Waals surface area (Å²) < 4.78 is 10.7. The third-order valence-corrected chi connectivity index (χ3v) is 2.43. The number of unbranched alkanes of at least 4 members (excludes halogenated alkanes) is 1. The molecule has 0 aliphatic carbocycles. The molecule has 0 aromatic carbocycles. The van der Waals surface area contributed by atoms with E-state index in [4.69, 9.17) is 9.47 Å². The van der Waals surface area contributed by atoms with Crippen molar-refractivity contribution in [2.45, 2.75) is 52.9 Å². The summed E-state index contributed by atoms with van der Waals surface area (Å²) in [5, 5.41) is 0. The van der Waals surface area contributed by atoms with Gasteiger partial charge in [-0.05, 0) is 12.8 Å². The van der Waals surface area contributed by atoms with Crippen molar-refractivity contribution in [1.29, 1.82) is 0 Å². The van der Waals surface area contributed by atoms with Gasteiger partial charge in [-0.15, -0.1) is 0 Å². The molecule has 0 bridgehead atoms.